The number of hydrogen-bond donors (Lipinski definition) is 3. The average Bonchev–Trinajstić information content (AvgIpc) is 3.48. The van der Waals surface area contributed by atoms with Gasteiger partial charge in [-0.05, 0) is 56.3 Å². The van der Waals surface area contributed by atoms with Gasteiger partial charge in [0, 0.05) is 19.6 Å². The van der Waals surface area contributed by atoms with Crippen LogP contribution in [-0.4, -0.2) is 57.0 Å². The van der Waals surface area contributed by atoms with Gasteiger partial charge in [-0.15, -0.1) is 0 Å². The molecule has 3 aliphatic rings. The second-order valence-corrected chi connectivity index (χ2v) is 11.7. The molecule has 0 amide bonds. The smallest absolute Gasteiger partial charge is 0.412 e. The molecule has 3 saturated carbocycles. The molecule has 31 heavy (non-hydrogen) atoms. The molecule has 176 valence electrons. The van der Waals surface area contributed by atoms with Crippen LogP contribution in [0.1, 0.15) is 77.0 Å². The van der Waals surface area contributed by atoms with Crippen molar-refractivity contribution >= 4 is 112 Å². The van der Waals surface area contributed by atoms with Crippen molar-refractivity contribution < 1.29 is 0 Å². The normalized spacial score (nSPS) is 18.6. The zero-order valence-electron chi connectivity index (χ0n) is 18.2. The fourth-order valence-electron chi connectivity index (χ4n) is 4.33. The van der Waals surface area contributed by atoms with Gasteiger partial charge in [0.05, 0.1) is 0 Å². The van der Waals surface area contributed by atoms with Crippen LogP contribution in [-0.2, 0) is 37.9 Å². The average molecular weight is 645 g/mol. The monoisotopic (exact) mass is 643 g/mol. The van der Waals surface area contributed by atoms with Crippen LogP contribution >= 0.6 is 36.7 Å². The molecular weight excluding hydrogens is 608 g/mol. The van der Waals surface area contributed by atoms with Crippen molar-refractivity contribution in [2.24, 2.45) is 17.8 Å². The summed E-state index contributed by atoms with van der Waals surface area (Å²) in [4.78, 5) is 0. The van der Waals surface area contributed by atoms with Crippen molar-refractivity contribution in [1.29, 1.82) is 0 Å². The quantitative estimate of drug-likeness (QED) is 0.222. The van der Waals surface area contributed by atoms with E-state index in [4.69, 9.17) is 74.5 Å². The Balaban J connectivity index is 0.000000429. The van der Waals surface area contributed by atoms with Crippen molar-refractivity contribution in [3.8, 4) is 0 Å². The molecule has 0 aromatic heterocycles. The molecule has 2 radical (unpaired) electrons. The number of thiocarbonyl (C=S) groups is 3. The first kappa shape index (κ1) is 32.1. The molecule has 3 N–H and O–H groups in total. The topological polar surface area (TPSA) is 36.1 Å². The fraction of sp³-hybridized carbons (Fsp3) is 0.857. The zero-order valence-corrected chi connectivity index (χ0v) is 25.7. The molecule has 0 aromatic rings. The SMILES string of the molecule is S=C([S-])NCC1CCCC1.S=C([S-])NCC1CCCC1.S=C([S-])NCC1CCCC1.[Sb+3]. The van der Waals surface area contributed by atoms with Crippen molar-refractivity contribution in [2.45, 2.75) is 77.0 Å². The Hall–Kier alpha value is 1.15. The van der Waals surface area contributed by atoms with Crippen molar-refractivity contribution in [2.75, 3.05) is 19.6 Å². The van der Waals surface area contributed by atoms with Gasteiger partial charge in [0.25, 0.3) is 0 Å². The fourth-order valence-corrected chi connectivity index (χ4v) is 4.83. The predicted molar refractivity (Wildman–Crippen MR) is 156 cm³/mol. The van der Waals surface area contributed by atoms with E-state index < -0.39 is 0 Å². The molecule has 3 aliphatic carbocycles. The maximum Gasteiger partial charge on any atom is 3.00 e. The molecule has 3 fully saturated rings. The minimum atomic E-state index is 0. The minimum absolute atomic E-state index is 0. The maximum atomic E-state index is 4.73. The van der Waals surface area contributed by atoms with Gasteiger partial charge in [0.15, 0.2) is 0 Å². The standard InChI is InChI=1S/3C7H13NS2.Sb/c3*9-7(10)8-5-6-3-1-2-4-6;/h3*6H,1-5H2,(H2,8,9,10);/q;;;+3/p-3. The number of hydrogen-bond acceptors (Lipinski definition) is 6. The van der Waals surface area contributed by atoms with Crippen LogP contribution in [0, 0.1) is 17.8 Å². The van der Waals surface area contributed by atoms with Crippen LogP contribution in [0.25, 0.3) is 0 Å². The second kappa shape index (κ2) is 20.5. The third-order valence-corrected chi connectivity index (χ3v) is 6.90. The van der Waals surface area contributed by atoms with Crippen LogP contribution in [0.2, 0.25) is 0 Å². The molecule has 0 heterocycles. The van der Waals surface area contributed by atoms with Crippen LogP contribution in [0.3, 0.4) is 0 Å². The molecule has 0 unspecified atom stereocenters. The van der Waals surface area contributed by atoms with Crippen LogP contribution in [0.5, 0.6) is 0 Å². The van der Waals surface area contributed by atoms with E-state index >= 15 is 0 Å². The molecule has 0 bridgehead atoms. The van der Waals surface area contributed by atoms with Crippen LogP contribution in [0.15, 0.2) is 0 Å². The molecule has 3 nitrogen and oxygen atoms in total. The first-order chi connectivity index (χ1) is 14.4. The Kier molecular flexibility index (Phi) is 21.3. The molecule has 0 atom stereocenters. The second-order valence-electron chi connectivity index (χ2n) is 8.46. The molecule has 10 heteroatoms. The Morgan fingerprint density at radius 3 is 0.871 bits per heavy atom. The Bertz CT molecular complexity index is 434. The Labute approximate surface area is 240 Å². The molecule has 0 spiro atoms. The first-order valence-electron chi connectivity index (χ1n) is 11.2. The largest absolute Gasteiger partial charge is 3.00 e. The molecule has 0 aliphatic heterocycles. The maximum absolute atomic E-state index is 4.73. The summed E-state index contributed by atoms with van der Waals surface area (Å²) in [5.74, 6) is 2.50. The summed E-state index contributed by atoms with van der Waals surface area (Å²) < 4.78 is 1.56. The summed E-state index contributed by atoms with van der Waals surface area (Å²) >= 11 is 28.4. The summed E-state index contributed by atoms with van der Waals surface area (Å²) in [6.45, 7) is 3.01. The predicted octanol–water partition coefficient (Wildman–Crippen LogP) is 4.41. The van der Waals surface area contributed by atoms with Crippen molar-refractivity contribution in [3.05, 3.63) is 0 Å². The van der Waals surface area contributed by atoms with Gasteiger partial charge in [-0.2, -0.15) is 0 Å². The van der Waals surface area contributed by atoms with Crippen LogP contribution in [0.4, 0.5) is 0 Å². The van der Waals surface area contributed by atoms with E-state index in [1.165, 1.54) is 77.0 Å². The summed E-state index contributed by atoms with van der Waals surface area (Å²) in [6, 6.07) is 0. The number of rotatable bonds is 6. The van der Waals surface area contributed by atoms with Gasteiger partial charge in [0.2, 0.25) is 0 Å². The molecular formula is C21H36N3S6Sb. The van der Waals surface area contributed by atoms with Gasteiger partial charge in [0.1, 0.15) is 0 Å². The van der Waals surface area contributed by atoms with Crippen LogP contribution < -0.4 is 16.0 Å². The summed E-state index contributed by atoms with van der Waals surface area (Å²) in [5.41, 5.74) is 0. The Morgan fingerprint density at radius 2 is 0.710 bits per heavy atom. The number of nitrogens with one attached hydrogen (secondary N) is 3. The van der Waals surface area contributed by atoms with E-state index in [1.54, 1.807) is 0 Å². The van der Waals surface area contributed by atoms with E-state index in [-0.39, 0.29) is 24.4 Å². The van der Waals surface area contributed by atoms with E-state index in [0.29, 0.717) is 13.0 Å². The Morgan fingerprint density at radius 1 is 0.516 bits per heavy atom. The molecule has 0 aromatic carbocycles. The molecule has 0 saturated heterocycles. The summed E-state index contributed by atoms with van der Waals surface area (Å²) in [5, 5.41) is 9.10. The van der Waals surface area contributed by atoms with Gasteiger partial charge in [-0.25, -0.2) is 0 Å². The van der Waals surface area contributed by atoms with Gasteiger partial charge < -0.3 is 90.5 Å². The van der Waals surface area contributed by atoms with Gasteiger partial charge >= 0.3 is 24.4 Å². The van der Waals surface area contributed by atoms with Gasteiger partial charge in [-0.3, -0.25) is 0 Å². The summed E-state index contributed by atoms with van der Waals surface area (Å²) in [6.07, 6.45) is 16.4. The van der Waals surface area contributed by atoms with E-state index in [9.17, 15) is 0 Å². The van der Waals surface area contributed by atoms with E-state index in [0.717, 1.165) is 37.4 Å². The zero-order chi connectivity index (χ0) is 22.2. The van der Waals surface area contributed by atoms with Crippen molar-refractivity contribution in [1.82, 2.24) is 16.0 Å². The molecule has 3 rings (SSSR count). The summed E-state index contributed by atoms with van der Waals surface area (Å²) in [7, 11) is 0. The van der Waals surface area contributed by atoms with E-state index in [1.807, 2.05) is 0 Å². The first-order valence-corrected chi connectivity index (χ1v) is 13.7. The third-order valence-electron chi connectivity index (χ3n) is 6.03. The minimum Gasteiger partial charge on any atom is -0.412 e. The van der Waals surface area contributed by atoms with E-state index in [2.05, 4.69) is 16.0 Å². The van der Waals surface area contributed by atoms with Gasteiger partial charge in [-0.1, -0.05) is 51.5 Å². The third kappa shape index (κ3) is 19.2. The van der Waals surface area contributed by atoms with Crippen molar-refractivity contribution in [3.63, 3.8) is 0 Å².